The molecule has 2 heterocycles. The summed E-state index contributed by atoms with van der Waals surface area (Å²) in [4.78, 5) is 23.8. The summed E-state index contributed by atoms with van der Waals surface area (Å²) in [6.45, 7) is 0. The number of nitrogens with one attached hydrogen (secondary N) is 2. The smallest absolute Gasteiger partial charge is 0.258 e. The van der Waals surface area contributed by atoms with Gasteiger partial charge in [-0.1, -0.05) is 6.07 Å². The number of hydrogen-bond acceptors (Lipinski definition) is 4. The number of furan rings is 2. The van der Waals surface area contributed by atoms with Gasteiger partial charge in [0.15, 0.2) is 0 Å². The molecule has 0 aliphatic carbocycles. The topological polar surface area (TPSA) is 84.5 Å². The van der Waals surface area contributed by atoms with Gasteiger partial charge in [-0.2, -0.15) is 0 Å². The van der Waals surface area contributed by atoms with Gasteiger partial charge in [0.2, 0.25) is 0 Å². The van der Waals surface area contributed by atoms with Crippen LogP contribution in [0.3, 0.4) is 0 Å². The van der Waals surface area contributed by atoms with Crippen LogP contribution in [0.1, 0.15) is 20.7 Å². The fourth-order valence-electron chi connectivity index (χ4n) is 1.87. The Bertz CT molecular complexity index is 713. The molecule has 0 saturated carbocycles. The van der Waals surface area contributed by atoms with Crippen molar-refractivity contribution in [2.45, 2.75) is 0 Å². The third-order valence-electron chi connectivity index (χ3n) is 2.95. The maximum Gasteiger partial charge on any atom is 0.258 e. The zero-order valence-corrected chi connectivity index (χ0v) is 11.4. The molecule has 2 amide bonds. The molecule has 0 radical (unpaired) electrons. The Morgan fingerprint density at radius 3 is 1.68 bits per heavy atom. The molecule has 110 valence electrons. The summed E-state index contributed by atoms with van der Waals surface area (Å²) >= 11 is 0. The van der Waals surface area contributed by atoms with E-state index in [0.717, 1.165) is 0 Å². The average molecular weight is 296 g/mol. The van der Waals surface area contributed by atoms with Gasteiger partial charge in [-0.25, -0.2) is 0 Å². The first-order valence-electron chi connectivity index (χ1n) is 6.49. The molecule has 2 aromatic heterocycles. The number of amides is 2. The summed E-state index contributed by atoms with van der Waals surface area (Å²) in [7, 11) is 0. The first kappa shape index (κ1) is 13.7. The highest BCUT2D eigenvalue weighted by atomic mass is 16.3. The molecule has 0 bridgehead atoms. The minimum absolute atomic E-state index is 0.285. The van der Waals surface area contributed by atoms with Crippen LogP contribution in [-0.2, 0) is 0 Å². The lowest BCUT2D eigenvalue weighted by atomic mass is 10.2. The van der Waals surface area contributed by atoms with Crippen LogP contribution in [-0.4, -0.2) is 11.8 Å². The highest BCUT2D eigenvalue weighted by Crippen LogP contribution is 2.17. The Balaban J connectivity index is 1.70. The predicted molar refractivity (Wildman–Crippen MR) is 79.8 cm³/mol. The summed E-state index contributed by atoms with van der Waals surface area (Å²) in [5.74, 6) is -0.570. The van der Waals surface area contributed by atoms with Crippen molar-refractivity contribution in [1.82, 2.24) is 0 Å². The SMILES string of the molecule is O=C(Nc1cccc(NC(=O)c2ccoc2)c1)c1ccoc1. The van der Waals surface area contributed by atoms with Crippen LogP contribution in [0, 0.1) is 0 Å². The van der Waals surface area contributed by atoms with Crippen molar-refractivity contribution in [3.05, 3.63) is 72.6 Å². The van der Waals surface area contributed by atoms with E-state index in [-0.39, 0.29) is 11.8 Å². The second-order valence-corrected chi connectivity index (χ2v) is 4.51. The second kappa shape index (κ2) is 6.01. The zero-order valence-electron chi connectivity index (χ0n) is 11.4. The van der Waals surface area contributed by atoms with E-state index in [2.05, 4.69) is 10.6 Å². The van der Waals surface area contributed by atoms with E-state index in [1.165, 1.54) is 25.1 Å². The fourth-order valence-corrected chi connectivity index (χ4v) is 1.87. The number of rotatable bonds is 4. The van der Waals surface area contributed by atoms with Crippen LogP contribution < -0.4 is 10.6 Å². The van der Waals surface area contributed by atoms with Crippen molar-refractivity contribution < 1.29 is 18.4 Å². The molecule has 0 atom stereocenters. The molecule has 6 nitrogen and oxygen atoms in total. The van der Waals surface area contributed by atoms with Gasteiger partial charge in [0.05, 0.1) is 23.7 Å². The molecule has 2 N–H and O–H groups in total. The summed E-state index contributed by atoms with van der Waals surface area (Å²) in [5, 5.41) is 5.45. The molecule has 6 heteroatoms. The zero-order chi connectivity index (χ0) is 15.4. The van der Waals surface area contributed by atoms with E-state index in [0.29, 0.717) is 22.5 Å². The lowest BCUT2D eigenvalue weighted by Crippen LogP contribution is -2.13. The van der Waals surface area contributed by atoms with Crippen LogP contribution in [0.5, 0.6) is 0 Å². The van der Waals surface area contributed by atoms with Gasteiger partial charge in [-0.3, -0.25) is 9.59 Å². The third kappa shape index (κ3) is 3.06. The molecular weight excluding hydrogens is 284 g/mol. The Kier molecular flexibility index (Phi) is 3.74. The van der Waals surface area contributed by atoms with E-state index in [4.69, 9.17) is 8.83 Å². The maximum absolute atomic E-state index is 11.9. The maximum atomic E-state index is 11.9. The molecule has 0 saturated heterocycles. The Morgan fingerprint density at radius 1 is 0.773 bits per heavy atom. The van der Waals surface area contributed by atoms with Crippen LogP contribution in [0.2, 0.25) is 0 Å². The number of carbonyl (C=O) groups is 2. The van der Waals surface area contributed by atoms with Gasteiger partial charge in [0, 0.05) is 11.4 Å². The van der Waals surface area contributed by atoms with Crippen molar-refractivity contribution in [2.75, 3.05) is 10.6 Å². The molecule has 0 aliphatic heterocycles. The second-order valence-electron chi connectivity index (χ2n) is 4.51. The van der Waals surface area contributed by atoms with E-state index in [9.17, 15) is 9.59 Å². The molecule has 0 unspecified atom stereocenters. The van der Waals surface area contributed by atoms with Gasteiger partial charge in [-0.05, 0) is 30.3 Å². The molecule has 0 spiro atoms. The molecule has 3 rings (SSSR count). The minimum atomic E-state index is -0.285. The molecule has 0 aliphatic rings. The Hall–Kier alpha value is -3.28. The minimum Gasteiger partial charge on any atom is -0.472 e. The average Bonchev–Trinajstić information content (AvgIpc) is 3.21. The van der Waals surface area contributed by atoms with Crippen molar-refractivity contribution in [3.63, 3.8) is 0 Å². The standard InChI is InChI=1S/C16H12N2O4/c19-15(11-4-6-21-9-11)17-13-2-1-3-14(8-13)18-16(20)12-5-7-22-10-12/h1-10H,(H,17,19)(H,18,20). The Morgan fingerprint density at radius 2 is 1.27 bits per heavy atom. The largest absolute Gasteiger partial charge is 0.472 e. The fraction of sp³-hybridized carbons (Fsp3) is 0. The van der Waals surface area contributed by atoms with Crippen LogP contribution >= 0.6 is 0 Å². The molecule has 3 aromatic rings. The first-order chi connectivity index (χ1) is 10.7. The summed E-state index contributed by atoms with van der Waals surface area (Å²) in [6, 6.07) is 9.99. The van der Waals surface area contributed by atoms with Crippen molar-refractivity contribution in [1.29, 1.82) is 0 Å². The van der Waals surface area contributed by atoms with Crippen LogP contribution in [0.15, 0.2) is 70.3 Å². The van der Waals surface area contributed by atoms with Crippen molar-refractivity contribution >= 4 is 23.2 Å². The van der Waals surface area contributed by atoms with Gasteiger partial charge in [0.25, 0.3) is 11.8 Å². The monoisotopic (exact) mass is 296 g/mol. The molecular formula is C16H12N2O4. The Labute approximate surface area is 125 Å². The molecule has 0 fully saturated rings. The van der Waals surface area contributed by atoms with E-state index in [1.807, 2.05) is 0 Å². The summed E-state index contributed by atoms with van der Waals surface area (Å²) in [5.41, 5.74) is 1.98. The quantitative estimate of drug-likeness (QED) is 0.773. The van der Waals surface area contributed by atoms with E-state index < -0.39 is 0 Å². The number of carbonyl (C=O) groups excluding carboxylic acids is 2. The van der Waals surface area contributed by atoms with Gasteiger partial charge < -0.3 is 19.5 Å². The van der Waals surface area contributed by atoms with Gasteiger partial charge in [0.1, 0.15) is 12.5 Å². The summed E-state index contributed by atoms with van der Waals surface area (Å²) in [6.07, 6.45) is 5.58. The highest BCUT2D eigenvalue weighted by Gasteiger charge is 2.09. The lowest BCUT2D eigenvalue weighted by Gasteiger charge is -2.07. The molecule has 1 aromatic carbocycles. The highest BCUT2D eigenvalue weighted by molar-refractivity contribution is 6.06. The van der Waals surface area contributed by atoms with Crippen molar-refractivity contribution in [3.8, 4) is 0 Å². The van der Waals surface area contributed by atoms with E-state index >= 15 is 0 Å². The van der Waals surface area contributed by atoms with Crippen LogP contribution in [0.4, 0.5) is 11.4 Å². The summed E-state index contributed by atoms with van der Waals surface area (Å²) < 4.78 is 9.73. The molecule has 22 heavy (non-hydrogen) atoms. The van der Waals surface area contributed by atoms with Gasteiger partial charge in [-0.15, -0.1) is 0 Å². The van der Waals surface area contributed by atoms with Crippen molar-refractivity contribution in [2.24, 2.45) is 0 Å². The third-order valence-corrected chi connectivity index (χ3v) is 2.95. The lowest BCUT2D eigenvalue weighted by molar-refractivity contribution is 0.101. The number of hydrogen-bond donors (Lipinski definition) is 2. The van der Waals surface area contributed by atoms with Crippen LogP contribution in [0.25, 0.3) is 0 Å². The first-order valence-corrected chi connectivity index (χ1v) is 6.49. The number of anilines is 2. The normalized spacial score (nSPS) is 10.2. The number of benzene rings is 1. The van der Waals surface area contributed by atoms with Gasteiger partial charge >= 0.3 is 0 Å². The van der Waals surface area contributed by atoms with E-state index in [1.54, 1.807) is 36.4 Å². The predicted octanol–water partition coefficient (Wildman–Crippen LogP) is 3.38.